The molecule has 128 valence electrons. The summed E-state index contributed by atoms with van der Waals surface area (Å²) in [6.07, 6.45) is 0. The quantitative estimate of drug-likeness (QED) is 0.810. The van der Waals surface area contributed by atoms with Crippen molar-refractivity contribution in [3.05, 3.63) is 70.2 Å². The summed E-state index contributed by atoms with van der Waals surface area (Å²) in [6.45, 7) is 3.77. The lowest BCUT2D eigenvalue weighted by atomic mass is 9.59. The number of benzene rings is 2. The summed E-state index contributed by atoms with van der Waals surface area (Å²) in [4.78, 5) is 12.6. The van der Waals surface area contributed by atoms with Gasteiger partial charge in [0.05, 0.1) is 6.07 Å². The van der Waals surface area contributed by atoms with E-state index in [4.69, 9.17) is 0 Å². The standard InChI is InChI=1S/C20H19BrN2O2/c1-19(2)17(13-6-4-3-5-7-13)16(12-22)18(24)23-20(19,25)14-8-10-15(21)11-9-14/h3-11,16-17,25H,1-2H3,(H,23,24). The molecule has 0 spiro atoms. The Morgan fingerprint density at radius 2 is 1.72 bits per heavy atom. The molecule has 4 nitrogen and oxygen atoms in total. The van der Waals surface area contributed by atoms with Crippen molar-refractivity contribution in [3.8, 4) is 6.07 Å². The number of hydrogen-bond donors (Lipinski definition) is 2. The molecule has 3 rings (SSSR count). The number of carbonyl (C=O) groups is 1. The van der Waals surface area contributed by atoms with Crippen molar-refractivity contribution in [3.63, 3.8) is 0 Å². The number of halogens is 1. The predicted molar refractivity (Wildman–Crippen MR) is 98.2 cm³/mol. The molecule has 2 aromatic rings. The summed E-state index contributed by atoms with van der Waals surface area (Å²) in [5.74, 6) is -1.77. The summed E-state index contributed by atoms with van der Waals surface area (Å²) in [6, 6.07) is 18.8. The molecule has 1 fully saturated rings. The maximum Gasteiger partial charge on any atom is 0.240 e. The molecule has 1 saturated heterocycles. The molecule has 0 radical (unpaired) electrons. The van der Waals surface area contributed by atoms with Gasteiger partial charge in [0, 0.05) is 21.4 Å². The van der Waals surface area contributed by atoms with Crippen LogP contribution in [0, 0.1) is 22.7 Å². The zero-order valence-electron chi connectivity index (χ0n) is 14.0. The van der Waals surface area contributed by atoms with Gasteiger partial charge in [0.1, 0.15) is 5.92 Å². The van der Waals surface area contributed by atoms with Crippen LogP contribution in [0.1, 0.15) is 30.9 Å². The molecule has 1 aliphatic heterocycles. The van der Waals surface area contributed by atoms with E-state index >= 15 is 0 Å². The molecule has 0 aliphatic carbocycles. The van der Waals surface area contributed by atoms with Gasteiger partial charge in [-0.3, -0.25) is 4.79 Å². The summed E-state index contributed by atoms with van der Waals surface area (Å²) >= 11 is 3.38. The van der Waals surface area contributed by atoms with Gasteiger partial charge in [-0.15, -0.1) is 0 Å². The highest BCUT2D eigenvalue weighted by Gasteiger charge is 2.59. The number of nitrogens with one attached hydrogen (secondary N) is 1. The Bertz CT molecular complexity index is 827. The van der Waals surface area contributed by atoms with Crippen LogP contribution in [0.3, 0.4) is 0 Å². The molecule has 5 heteroatoms. The number of aliphatic hydroxyl groups is 1. The maximum atomic E-state index is 12.6. The summed E-state index contributed by atoms with van der Waals surface area (Å²) < 4.78 is 0.884. The van der Waals surface area contributed by atoms with E-state index in [1.54, 1.807) is 12.1 Å². The molecule has 0 saturated carbocycles. The van der Waals surface area contributed by atoms with Gasteiger partial charge in [-0.2, -0.15) is 5.26 Å². The molecule has 3 atom stereocenters. The molecule has 1 aliphatic rings. The molecule has 2 N–H and O–H groups in total. The Balaban J connectivity index is 2.18. The first-order valence-electron chi connectivity index (χ1n) is 8.06. The molecule has 3 unspecified atom stereocenters. The van der Waals surface area contributed by atoms with E-state index in [-0.39, 0.29) is 0 Å². The van der Waals surface area contributed by atoms with E-state index in [9.17, 15) is 15.2 Å². The van der Waals surface area contributed by atoms with E-state index in [1.807, 2.05) is 56.3 Å². The first-order valence-corrected chi connectivity index (χ1v) is 8.85. The fourth-order valence-corrected chi connectivity index (χ4v) is 4.01. The van der Waals surface area contributed by atoms with Crippen LogP contribution in [0.2, 0.25) is 0 Å². The van der Waals surface area contributed by atoms with Crippen molar-refractivity contribution in [2.75, 3.05) is 0 Å². The third kappa shape index (κ3) is 2.76. The lowest BCUT2D eigenvalue weighted by molar-refractivity contribution is -0.168. The van der Waals surface area contributed by atoms with Gasteiger partial charge in [0.25, 0.3) is 0 Å². The average molecular weight is 399 g/mol. The van der Waals surface area contributed by atoms with Gasteiger partial charge in [0.15, 0.2) is 5.72 Å². The second-order valence-electron chi connectivity index (χ2n) is 6.92. The van der Waals surface area contributed by atoms with E-state index in [0.717, 1.165) is 10.0 Å². The lowest BCUT2D eigenvalue weighted by Crippen LogP contribution is -2.64. The first-order chi connectivity index (χ1) is 11.8. The topological polar surface area (TPSA) is 73.1 Å². The minimum absolute atomic E-state index is 0.443. The van der Waals surface area contributed by atoms with Crippen LogP contribution in [0.4, 0.5) is 0 Å². The van der Waals surface area contributed by atoms with Crippen LogP contribution in [0.25, 0.3) is 0 Å². The second kappa shape index (κ2) is 6.29. The predicted octanol–water partition coefficient (Wildman–Crippen LogP) is 3.67. The number of amides is 1. The van der Waals surface area contributed by atoms with E-state index in [0.29, 0.717) is 5.56 Å². The lowest BCUT2D eigenvalue weighted by Gasteiger charge is -2.53. The largest absolute Gasteiger partial charge is 0.366 e. The third-order valence-electron chi connectivity index (χ3n) is 5.19. The zero-order chi connectivity index (χ0) is 18.2. The monoisotopic (exact) mass is 398 g/mol. The van der Waals surface area contributed by atoms with Crippen LogP contribution in [-0.4, -0.2) is 11.0 Å². The summed E-state index contributed by atoms with van der Waals surface area (Å²) in [5, 5.41) is 23.8. The Morgan fingerprint density at radius 3 is 2.28 bits per heavy atom. The smallest absolute Gasteiger partial charge is 0.240 e. The molecule has 25 heavy (non-hydrogen) atoms. The van der Waals surface area contributed by atoms with E-state index in [2.05, 4.69) is 27.3 Å². The average Bonchev–Trinajstić information content (AvgIpc) is 2.59. The van der Waals surface area contributed by atoms with Crippen molar-refractivity contribution in [2.45, 2.75) is 25.5 Å². The van der Waals surface area contributed by atoms with E-state index < -0.39 is 28.9 Å². The van der Waals surface area contributed by atoms with Crippen molar-refractivity contribution >= 4 is 21.8 Å². The number of hydrogen-bond acceptors (Lipinski definition) is 3. The number of nitrogens with zero attached hydrogens (tertiary/aromatic N) is 1. The van der Waals surface area contributed by atoms with Crippen molar-refractivity contribution < 1.29 is 9.90 Å². The highest BCUT2D eigenvalue weighted by molar-refractivity contribution is 9.10. The molecular formula is C20H19BrN2O2. The highest BCUT2D eigenvalue weighted by atomic mass is 79.9. The van der Waals surface area contributed by atoms with Crippen LogP contribution in [0.15, 0.2) is 59.1 Å². The fraction of sp³-hybridized carbons (Fsp3) is 0.300. The van der Waals surface area contributed by atoms with Gasteiger partial charge in [-0.25, -0.2) is 0 Å². The molecule has 0 aromatic heterocycles. The Morgan fingerprint density at radius 1 is 1.12 bits per heavy atom. The van der Waals surface area contributed by atoms with Crippen LogP contribution >= 0.6 is 15.9 Å². The van der Waals surface area contributed by atoms with Crippen molar-refractivity contribution in [2.24, 2.45) is 11.3 Å². The van der Waals surface area contributed by atoms with Crippen LogP contribution < -0.4 is 5.32 Å². The fourth-order valence-electron chi connectivity index (χ4n) is 3.75. The maximum absolute atomic E-state index is 12.6. The van der Waals surface area contributed by atoms with Gasteiger partial charge >= 0.3 is 0 Å². The minimum Gasteiger partial charge on any atom is -0.366 e. The second-order valence-corrected chi connectivity index (χ2v) is 7.84. The Hall–Kier alpha value is -2.16. The third-order valence-corrected chi connectivity index (χ3v) is 5.72. The van der Waals surface area contributed by atoms with Gasteiger partial charge in [0.2, 0.25) is 5.91 Å². The van der Waals surface area contributed by atoms with Gasteiger partial charge in [-0.05, 0) is 17.7 Å². The zero-order valence-corrected chi connectivity index (χ0v) is 15.6. The summed E-state index contributed by atoms with van der Waals surface area (Å²) in [7, 11) is 0. The number of carbonyl (C=O) groups excluding carboxylic acids is 1. The Kier molecular flexibility index (Phi) is 4.44. The van der Waals surface area contributed by atoms with E-state index in [1.165, 1.54) is 0 Å². The van der Waals surface area contributed by atoms with Crippen molar-refractivity contribution in [1.29, 1.82) is 5.26 Å². The van der Waals surface area contributed by atoms with Crippen LogP contribution in [-0.2, 0) is 10.5 Å². The SMILES string of the molecule is CC1(C)C(c2ccccc2)C(C#N)C(=O)NC1(O)c1ccc(Br)cc1. The molecule has 1 amide bonds. The number of rotatable bonds is 2. The molecule has 2 aromatic carbocycles. The van der Waals surface area contributed by atoms with Gasteiger partial charge in [-0.1, -0.05) is 72.2 Å². The molecular weight excluding hydrogens is 380 g/mol. The van der Waals surface area contributed by atoms with Gasteiger partial charge < -0.3 is 10.4 Å². The number of piperidine rings is 1. The number of nitriles is 1. The van der Waals surface area contributed by atoms with Crippen molar-refractivity contribution in [1.82, 2.24) is 5.32 Å². The minimum atomic E-state index is -1.58. The molecule has 0 bridgehead atoms. The highest BCUT2D eigenvalue weighted by Crippen LogP contribution is 2.54. The Labute approximate surface area is 155 Å². The molecule has 1 heterocycles. The van der Waals surface area contributed by atoms with Crippen LogP contribution in [0.5, 0.6) is 0 Å². The summed E-state index contributed by atoms with van der Waals surface area (Å²) in [5.41, 5.74) is -0.939. The first kappa shape index (κ1) is 17.7. The normalized spacial score (nSPS) is 28.0.